The molecule has 0 fully saturated rings. The SMILES string of the molecule is CCCCCCCCCCCCCCCCCCCCCCC(=O)OCCCCCCCCCCCCCCCC. The van der Waals surface area contributed by atoms with Crippen LogP contribution in [0.1, 0.15) is 239 Å². The van der Waals surface area contributed by atoms with E-state index in [1.54, 1.807) is 0 Å². The molecular weight excluding hydrogens is 500 g/mol. The predicted molar refractivity (Wildman–Crippen MR) is 184 cm³/mol. The molecule has 0 radical (unpaired) electrons. The van der Waals surface area contributed by atoms with Gasteiger partial charge in [-0.2, -0.15) is 0 Å². The first kappa shape index (κ1) is 40.5. The van der Waals surface area contributed by atoms with Crippen LogP contribution in [0.2, 0.25) is 0 Å². The lowest BCUT2D eigenvalue weighted by atomic mass is 10.0. The van der Waals surface area contributed by atoms with Gasteiger partial charge in [-0.1, -0.05) is 219 Å². The Balaban J connectivity index is 3.14. The van der Waals surface area contributed by atoms with Crippen molar-refractivity contribution in [2.24, 2.45) is 0 Å². The van der Waals surface area contributed by atoms with Crippen molar-refractivity contribution in [3.8, 4) is 0 Å². The molecule has 0 aliphatic carbocycles. The van der Waals surface area contributed by atoms with E-state index in [9.17, 15) is 4.79 Å². The third-order valence-electron chi connectivity index (χ3n) is 9.00. The first-order valence-corrected chi connectivity index (χ1v) is 19.5. The van der Waals surface area contributed by atoms with Crippen molar-refractivity contribution < 1.29 is 9.53 Å². The minimum Gasteiger partial charge on any atom is -0.466 e. The van der Waals surface area contributed by atoms with Gasteiger partial charge in [0.1, 0.15) is 0 Å². The molecular formula is C39H78O2. The van der Waals surface area contributed by atoms with Gasteiger partial charge in [0.25, 0.3) is 0 Å². The van der Waals surface area contributed by atoms with Crippen molar-refractivity contribution in [3.05, 3.63) is 0 Å². The van der Waals surface area contributed by atoms with E-state index in [4.69, 9.17) is 4.74 Å². The minimum absolute atomic E-state index is 0.0297. The number of esters is 1. The molecule has 0 N–H and O–H groups in total. The topological polar surface area (TPSA) is 26.3 Å². The molecule has 0 saturated heterocycles. The molecule has 41 heavy (non-hydrogen) atoms. The van der Waals surface area contributed by atoms with Crippen LogP contribution >= 0.6 is 0 Å². The van der Waals surface area contributed by atoms with Gasteiger partial charge in [0.05, 0.1) is 6.61 Å². The zero-order chi connectivity index (χ0) is 29.7. The Hall–Kier alpha value is -0.530. The molecule has 0 rings (SSSR count). The Bertz CT molecular complexity index is 474. The van der Waals surface area contributed by atoms with Crippen LogP contribution in [-0.2, 0) is 9.53 Å². The van der Waals surface area contributed by atoms with Crippen molar-refractivity contribution in [3.63, 3.8) is 0 Å². The Labute approximate surface area is 260 Å². The lowest BCUT2D eigenvalue weighted by molar-refractivity contribution is -0.143. The summed E-state index contributed by atoms with van der Waals surface area (Å²) in [5.41, 5.74) is 0. The van der Waals surface area contributed by atoms with Gasteiger partial charge in [-0.15, -0.1) is 0 Å². The van der Waals surface area contributed by atoms with Crippen LogP contribution in [0.15, 0.2) is 0 Å². The van der Waals surface area contributed by atoms with Gasteiger partial charge in [0.2, 0.25) is 0 Å². The van der Waals surface area contributed by atoms with E-state index in [2.05, 4.69) is 13.8 Å². The van der Waals surface area contributed by atoms with Gasteiger partial charge >= 0.3 is 5.97 Å². The monoisotopic (exact) mass is 579 g/mol. The Morgan fingerprint density at radius 2 is 0.537 bits per heavy atom. The summed E-state index contributed by atoms with van der Waals surface area (Å²) in [6.07, 6.45) is 47.5. The number of ether oxygens (including phenoxy) is 1. The summed E-state index contributed by atoms with van der Waals surface area (Å²) in [7, 11) is 0. The van der Waals surface area contributed by atoms with Crippen LogP contribution in [0.4, 0.5) is 0 Å². The summed E-state index contributed by atoms with van der Waals surface area (Å²) < 4.78 is 5.45. The summed E-state index contributed by atoms with van der Waals surface area (Å²) >= 11 is 0. The van der Waals surface area contributed by atoms with Crippen LogP contribution in [0, 0.1) is 0 Å². The van der Waals surface area contributed by atoms with Gasteiger partial charge in [0.15, 0.2) is 0 Å². The quantitative estimate of drug-likeness (QED) is 0.0546. The van der Waals surface area contributed by atoms with E-state index >= 15 is 0 Å². The molecule has 2 heteroatoms. The normalized spacial score (nSPS) is 11.4. The number of carbonyl (C=O) groups excluding carboxylic acids is 1. The zero-order valence-corrected chi connectivity index (χ0v) is 28.8. The van der Waals surface area contributed by atoms with Crippen molar-refractivity contribution in [1.82, 2.24) is 0 Å². The van der Waals surface area contributed by atoms with Crippen LogP contribution in [0.3, 0.4) is 0 Å². The molecule has 0 aromatic carbocycles. The molecule has 0 aliphatic heterocycles. The van der Waals surface area contributed by atoms with Gasteiger partial charge in [0, 0.05) is 6.42 Å². The van der Waals surface area contributed by atoms with Crippen LogP contribution in [0.5, 0.6) is 0 Å². The standard InChI is InChI=1S/C39H78O2/c1-3-5-7-9-11-13-15-17-19-20-21-22-23-24-25-27-29-31-33-35-37-39(40)41-38-36-34-32-30-28-26-18-16-14-12-10-8-6-4-2/h3-38H2,1-2H3. The largest absolute Gasteiger partial charge is 0.466 e. The van der Waals surface area contributed by atoms with Crippen molar-refractivity contribution in [2.45, 2.75) is 239 Å². The van der Waals surface area contributed by atoms with Gasteiger partial charge in [-0.05, 0) is 12.8 Å². The summed E-state index contributed by atoms with van der Waals surface area (Å²) in [5, 5.41) is 0. The Kier molecular flexibility index (Phi) is 37.0. The highest BCUT2D eigenvalue weighted by molar-refractivity contribution is 5.69. The highest BCUT2D eigenvalue weighted by atomic mass is 16.5. The van der Waals surface area contributed by atoms with Gasteiger partial charge < -0.3 is 4.74 Å². The third-order valence-corrected chi connectivity index (χ3v) is 9.00. The van der Waals surface area contributed by atoms with Crippen molar-refractivity contribution in [2.75, 3.05) is 6.61 Å². The van der Waals surface area contributed by atoms with Gasteiger partial charge in [-0.3, -0.25) is 4.79 Å². The smallest absolute Gasteiger partial charge is 0.305 e. The van der Waals surface area contributed by atoms with E-state index in [0.29, 0.717) is 13.0 Å². The zero-order valence-electron chi connectivity index (χ0n) is 28.8. The second-order valence-corrected chi connectivity index (χ2v) is 13.3. The fraction of sp³-hybridized carbons (Fsp3) is 0.974. The summed E-state index contributed by atoms with van der Waals surface area (Å²) in [6, 6.07) is 0. The molecule has 0 bridgehead atoms. The number of unbranched alkanes of at least 4 members (excludes halogenated alkanes) is 32. The Morgan fingerprint density at radius 3 is 0.805 bits per heavy atom. The number of rotatable bonds is 36. The second-order valence-electron chi connectivity index (χ2n) is 13.3. The average Bonchev–Trinajstić information content (AvgIpc) is 2.98. The maximum Gasteiger partial charge on any atom is 0.305 e. The lowest BCUT2D eigenvalue weighted by Crippen LogP contribution is -2.05. The molecule has 0 aliphatic rings. The summed E-state index contributed by atoms with van der Waals surface area (Å²) in [6.45, 7) is 5.22. The molecule has 0 aromatic rings. The minimum atomic E-state index is 0.0297. The van der Waals surface area contributed by atoms with Crippen molar-refractivity contribution >= 4 is 5.97 Å². The average molecular weight is 579 g/mol. The number of carbonyl (C=O) groups is 1. The van der Waals surface area contributed by atoms with Crippen LogP contribution < -0.4 is 0 Å². The maximum absolute atomic E-state index is 11.9. The van der Waals surface area contributed by atoms with E-state index in [1.165, 1.54) is 205 Å². The van der Waals surface area contributed by atoms with Crippen LogP contribution in [0.25, 0.3) is 0 Å². The molecule has 0 amide bonds. The van der Waals surface area contributed by atoms with E-state index in [1.807, 2.05) is 0 Å². The lowest BCUT2D eigenvalue weighted by Gasteiger charge is -2.06. The molecule has 0 atom stereocenters. The first-order valence-electron chi connectivity index (χ1n) is 19.5. The molecule has 0 spiro atoms. The first-order chi connectivity index (χ1) is 20.3. The summed E-state index contributed by atoms with van der Waals surface area (Å²) in [5.74, 6) is 0.0297. The molecule has 2 nitrogen and oxygen atoms in total. The van der Waals surface area contributed by atoms with E-state index in [-0.39, 0.29) is 5.97 Å². The van der Waals surface area contributed by atoms with E-state index < -0.39 is 0 Å². The highest BCUT2D eigenvalue weighted by Crippen LogP contribution is 2.16. The third kappa shape index (κ3) is 37.4. The van der Waals surface area contributed by atoms with Crippen LogP contribution in [-0.4, -0.2) is 12.6 Å². The molecule has 0 aromatic heterocycles. The molecule has 0 heterocycles. The molecule has 246 valence electrons. The summed E-state index contributed by atoms with van der Waals surface area (Å²) in [4.78, 5) is 11.9. The van der Waals surface area contributed by atoms with E-state index in [0.717, 1.165) is 12.8 Å². The van der Waals surface area contributed by atoms with Crippen molar-refractivity contribution in [1.29, 1.82) is 0 Å². The number of hydrogen-bond donors (Lipinski definition) is 0. The second kappa shape index (κ2) is 37.5. The predicted octanol–water partition coefficient (Wildman–Crippen LogP) is 14.2. The highest BCUT2D eigenvalue weighted by Gasteiger charge is 2.03. The maximum atomic E-state index is 11.9. The molecule has 0 saturated carbocycles. The molecule has 0 unspecified atom stereocenters. The number of hydrogen-bond acceptors (Lipinski definition) is 2. The van der Waals surface area contributed by atoms with Gasteiger partial charge in [-0.25, -0.2) is 0 Å². The fourth-order valence-corrected chi connectivity index (χ4v) is 6.08. The Morgan fingerprint density at radius 1 is 0.317 bits per heavy atom. The fourth-order valence-electron chi connectivity index (χ4n) is 6.08.